The fourth-order valence-electron chi connectivity index (χ4n) is 0.929. The molecule has 1 aromatic rings. The molecule has 0 bridgehead atoms. The molecular formula is C8H4Cl2F3N3O3. The van der Waals surface area contributed by atoms with Crippen LogP contribution in [-0.2, 0) is 9.63 Å². The van der Waals surface area contributed by atoms with Gasteiger partial charge < -0.3 is 10.6 Å². The number of carbonyl (C=O) groups is 2. The number of amides is 2. The van der Waals surface area contributed by atoms with Crippen molar-refractivity contribution in [1.82, 2.24) is 4.98 Å². The molecule has 1 heterocycles. The van der Waals surface area contributed by atoms with Crippen molar-refractivity contribution in [2.24, 2.45) is 5.73 Å². The summed E-state index contributed by atoms with van der Waals surface area (Å²) in [5.74, 6) is -2.63. The standard InChI is InChI=1S/C8H4Cl2F3N3O3/c9-4-1-3(2-5(10)15-4)16(7(14)18)19-6(17)8(11,12)13/h1-2H,(H2,14,18). The fourth-order valence-corrected chi connectivity index (χ4v) is 1.38. The maximum Gasteiger partial charge on any atom is 0.493 e. The largest absolute Gasteiger partial charge is 0.493 e. The maximum absolute atomic E-state index is 12.0. The average molecular weight is 318 g/mol. The van der Waals surface area contributed by atoms with Gasteiger partial charge in [-0.25, -0.2) is 14.6 Å². The highest BCUT2D eigenvalue weighted by Gasteiger charge is 2.43. The predicted molar refractivity (Wildman–Crippen MR) is 58.5 cm³/mol. The lowest BCUT2D eigenvalue weighted by Gasteiger charge is -2.19. The van der Waals surface area contributed by atoms with Gasteiger partial charge in [0.05, 0.1) is 5.69 Å². The van der Waals surface area contributed by atoms with Gasteiger partial charge in [-0.15, -0.1) is 5.06 Å². The highest BCUT2D eigenvalue weighted by Crippen LogP contribution is 2.25. The van der Waals surface area contributed by atoms with Crippen LogP contribution >= 0.6 is 23.2 Å². The van der Waals surface area contributed by atoms with Crippen molar-refractivity contribution in [2.75, 3.05) is 5.06 Å². The summed E-state index contributed by atoms with van der Waals surface area (Å²) < 4.78 is 36.1. The molecule has 2 amide bonds. The van der Waals surface area contributed by atoms with Crippen LogP contribution < -0.4 is 10.8 Å². The SMILES string of the molecule is NC(=O)N(OC(=O)C(F)(F)F)c1cc(Cl)nc(Cl)c1. The van der Waals surface area contributed by atoms with Gasteiger partial charge in [-0.1, -0.05) is 23.2 Å². The Hall–Kier alpha value is -1.74. The Morgan fingerprint density at radius 3 is 2.11 bits per heavy atom. The second-order valence-electron chi connectivity index (χ2n) is 2.98. The van der Waals surface area contributed by atoms with E-state index in [1.165, 1.54) is 0 Å². The summed E-state index contributed by atoms with van der Waals surface area (Å²) in [6, 6.07) is 0.389. The Balaban J connectivity index is 3.08. The Labute approximate surface area is 113 Å². The lowest BCUT2D eigenvalue weighted by Crippen LogP contribution is -2.41. The first-order valence-electron chi connectivity index (χ1n) is 4.33. The van der Waals surface area contributed by atoms with E-state index in [1.807, 2.05) is 0 Å². The minimum absolute atomic E-state index is 0.102. The second kappa shape index (κ2) is 5.49. The van der Waals surface area contributed by atoms with Crippen LogP contribution in [0.15, 0.2) is 12.1 Å². The number of hydroxylamine groups is 1. The summed E-state index contributed by atoms with van der Waals surface area (Å²) in [7, 11) is 0. The van der Waals surface area contributed by atoms with Gasteiger partial charge >= 0.3 is 18.2 Å². The molecule has 0 saturated heterocycles. The molecule has 0 aliphatic heterocycles. The zero-order valence-corrected chi connectivity index (χ0v) is 10.3. The Morgan fingerprint density at radius 2 is 1.74 bits per heavy atom. The van der Waals surface area contributed by atoms with Crippen LogP contribution in [0.2, 0.25) is 10.3 Å². The number of urea groups is 1. The molecule has 19 heavy (non-hydrogen) atoms. The number of hydrogen-bond donors (Lipinski definition) is 1. The third-order valence-electron chi connectivity index (χ3n) is 1.59. The van der Waals surface area contributed by atoms with Gasteiger partial charge in [0, 0.05) is 12.1 Å². The predicted octanol–water partition coefficient (Wildman–Crippen LogP) is 2.29. The zero-order valence-electron chi connectivity index (χ0n) is 8.74. The molecule has 11 heteroatoms. The molecule has 2 N–H and O–H groups in total. The lowest BCUT2D eigenvalue weighted by atomic mass is 10.4. The van der Waals surface area contributed by atoms with E-state index in [0.717, 1.165) is 12.1 Å². The molecule has 0 unspecified atom stereocenters. The van der Waals surface area contributed by atoms with Crippen molar-refractivity contribution < 1.29 is 27.6 Å². The van der Waals surface area contributed by atoms with Crippen LogP contribution in [0.3, 0.4) is 0 Å². The van der Waals surface area contributed by atoms with E-state index in [9.17, 15) is 22.8 Å². The molecule has 1 aromatic heterocycles. The Kier molecular flexibility index (Phi) is 4.43. The summed E-state index contributed by atoms with van der Waals surface area (Å²) in [6.45, 7) is 0. The van der Waals surface area contributed by atoms with Crippen molar-refractivity contribution in [3.8, 4) is 0 Å². The summed E-state index contributed by atoms with van der Waals surface area (Å²) in [5.41, 5.74) is 4.42. The molecule has 6 nitrogen and oxygen atoms in total. The van der Waals surface area contributed by atoms with E-state index in [0.29, 0.717) is 0 Å². The molecule has 0 saturated carbocycles. The number of aromatic nitrogens is 1. The molecule has 0 fully saturated rings. The minimum atomic E-state index is -5.30. The number of hydrogen-bond acceptors (Lipinski definition) is 4. The molecule has 0 atom stereocenters. The van der Waals surface area contributed by atoms with E-state index in [1.54, 1.807) is 0 Å². The van der Waals surface area contributed by atoms with Gasteiger partial charge in [-0.05, 0) is 0 Å². The van der Waals surface area contributed by atoms with E-state index < -0.39 is 18.2 Å². The number of pyridine rings is 1. The Bertz CT molecular complexity index is 503. The number of rotatable bonds is 1. The van der Waals surface area contributed by atoms with Gasteiger partial charge in [-0.2, -0.15) is 13.2 Å². The summed E-state index contributed by atoms with van der Waals surface area (Å²) in [5, 5.41) is -0.580. The highest BCUT2D eigenvalue weighted by molar-refractivity contribution is 6.33. The van der Waals surface area contributed by atoms with Crippen LogP contribution in [0.25, 0.3) is 0 Å². The fraction of sp³-hybridized carbons (Fsp3) is 0.125. The van der Waals surface area contributed by atoms with Gasteiger partial charge in [0.2, 0.25) is 0 Å². The lowest BCUT2D eigenvalue weighted by molar-refractivity contribution is -0.199. The summed E-state index contributed by atoms with van der Waals surface area (Å²) >= 11 is 11.0. The number of nitrogens with two attached hydrogens (primary N) is 1. The monoisotopic (exact) mass is 317 g/mol. The van der Waals surface area contributed by atoms with Gasteiger partial charge in [0.15, 0.2) is 0 Å². The third-order valence-corrected chi connectivity index (χ3v) is 1.98. The average Bonchev–Trinajstić information content (AvgIpc) is 2.21. The Morgan fingerprint density at radius 1 is 1.26 bits per heavy atom. The summed E-state index contributed by atoms with van der Waals surface area (Å²) in [6.07, 6.45) is -5.30. The van der Waals surface area contributed by atoms with Crippen LogP contribution in [-0.4, -0.2) is 23.2 Å². The smallest absolute Gasteiger partial charge is 0.349 e. The highest BCUT2D eigenvalue weighted by atomic mass is 35.5. The second-order valence-corrected chi connectivity index (χ2v) is 3.75. The first kappa shape index (κ1) is 15.3. The summed E-state index contributed by atoms with van der Waals surface area (Å²) in [4.78, 5) is 28.9. The van der Waals surface area contributed by atoms with Crippen molar-refractivity contribution in [2.45, 2.75) is 6.18 Å². The van der Waals surface area contributed by atoms with E-state index >= 15 is 0 Å². The van der Waals surface area contributed by atoms with E-state index in [2.05, 4.69) is 9.82 Å². The maximum atomic E-state index is 12.0. The number of alkyl halides is 3. The van der Waals surface area contributed by atoms with E-state index in [4.69, 9.17) is 28.9 Å². The van der Waals surface area contributed by atoms with Crippen molar-refractivity contribution in [3.63, 3.8) is 0 Å². The normalized spacial score (nSPS) is 11.0. The molecule has 104 valence electrons. The number of halogens is 5. The molecular weight excluding hydrogens is 314 g/mol. The van der Waals surface area contributed by atoms with Crippen LogP contribution in [0, 0.1) is 0 Å². The van der Waals surface area contributed by atoms with Crippen LogP contribution in [0.4, 0.5) is 23.7 Å². The first-order valence-corrected chi connectivity index (χ1v) is 5.08. The van der Waals surface area contributed by atoms with Gasteiger partial charge in [0.25, 0.3) is 0 Å². The molecule has 0 radical (unpaired) electrons. The quantitative estimate of drug-likeness (QED) is 0.636. The van der Waals surface area contributed by atoms with Crippen molar-refractivity contribution in [3.05, 3.63) is 22.4 Å². The number of nitrogens with zero attached hydrogens (tertiary/aromatic N) is 2. The van der Waals surface area contributed by atoms with Crippen LogP contribution in [0.1, 0.15) is 0 Å². The number of anilines is 1. The molecule has 1 rings (SSSR count). The molecule has 0 spiro atoms. The number of primary amides is 1. The van der Waals surface area contributed by atoms with Crippen molar-refractivity contribution >= 4 is 40.9 Å². The van der Waals surface area contributed by atoms with Crippen molar-refractivity contribution in [1.29, 1.82) is 0 Å². The molecule has 0 aliphatic rings. The van der Waals surface area contributed by atoms with Gasteiger partial charge in [-0.3, -0.25) is 0 Å². The van der Waals surface area contributed by atoms with Crippen LogP contribution in [0.5, 0.6) is 0 Å². The molecule has 0 aromatic carbocycles. The zero-order chi connectivity index (χ0) is 14.8. The topological polar surface area (TPSA) is 85.5 Å². The van der Waals surface area contributed by atoms with Gasteiger partial charge in [0.1, 0.15) is 10.3 Å². The third kappa shape index (κ3) is 4.14. The van der Waals surface area contributed by atoms with E-state index in [-0.39, 0.29) is 21.1 Å². The number of carbonyl (C=O) groups excluding carboxylic acids is 2. The first-order chi connectivity index (χ1) is 8.61. The molecule has 0 aliphatic carbocycles. The minimum Gasteiger partial charge on any atom is -0.349 e.